The monoisotopic (exact) mass is 418 g/mol. The van der Waals surface area contributed by atoms with Gasteiger partial charge in [0.25, 0.3) is 0 Å². The van der Waals surface area contributed by atoms with Crippen molar-refractivity contribution in [3.8, 4) is 11.5 Å². The van der Waals surface area contributed by atoms with Gasteiger partial charge in [0.15, 0.2) is 11.5 Å². The zero-order valence-corrected chi connectivity index (χ0v) is 17.1. The molecule has 8 heteroatoms. The molecule has 3 atom stereocenters. The largest absolute Gasteiger partial charge is 0.490 e. The Labute approximate surface area is 171 Å². The van der Waals surface area contributed by atoms with Crippen LogP contribution in [0, 0.1) is 5.92 Å². The fraction of sp³-hybridized carbons (Fsp3) is 0.650. The normalized spacial score (nSPS) is 23.7. The molecule has 0 spiro atoms. The predicted octanol–water partition coefficient (Wildman–Crippen LogP) is 3.99. The van der Waals surface area contributed by atoms with E-state index in [1.807, 2.05) is 0 Å². The number of carbonyl (C=O) groups excluding carboxylic acids is 1. The highest BCUT2D eigenvalue weighted by Gasteiger charge is 2.39. The summed E-state index contributed by atoms with van der Waals surface area (Å²) in [6.07, 6.45) is 5.75. The molecule has 1 amide bonds. The Morgan fingerprint density at radius 1 is 1.29 bits per heavy atom. The number of fused-ring (bicyclic) bond motifs is 1. The van der Waals surface area contributed by atoms with Gasteiger partial charge >= 0.3 is 6.61 Å². The van der Waals surface area contributed by atoms with Crippen LogP contribution in [0.15, 0.2) is 18.2 Å². The number of benzene rings is 1. The summed E-state index contributed by atoms with van der Waals surface area (Å²) in [6, 6.07) is 5.15. The minimum Gasteiger partial charge on any atom is -0.490 e. The number of halogens is 3. The second kappa shape index (κ2) is 10.3. The van der Waals surface area contributed by atoms with E-state index in [2.05, 4.69) is 10.1 Å². The van der Waals surface area contributed by atoms with Crippen molar-refractivity contribution in [2.24, 2.45) is 5.92 Å². The van der Waals surface area contributed by atoms with E-state index in [0.717, 1.165) is 18.4 Å². The van der Waals surface area contributed by atoms with Crippen molar-refractivity contribution in [3.63, 3.8) is 0 Å². The van der Waals surface area contributed by atoms with E-state index in [-0.39, 0.29) is 35.9 Å². The highest BCUT2D eigenvalue weighted by molar-refractivity contribution is 5.85. The number of rotatable bonds is 7. The first-order valence-electron chi connectivity index (χ1n) is 9.69. The molecule has 1 aliphatic heterocycles. The van der Waals surface area contributed by atoms with Gasteiger partial charge in [-0.2, -0.15) is 8.78 Å². The minimum absolute atomic E-state index is 0. The van der Waals surface area contributed by atoms with Crippen molar-refractivity contribution < 1.29 is 23.0 Å². The van der Waals surface area contributed by atoms with Gasteiger partial charge in [0, 0.05) is 19.6 Å². The van der Waals surface area contributed by atoms with Crippen LogP contribution in [0.2, 0.25) is 0 Å². The molecule has 0 aromatic heterocycles. The van der Waals surface area contributed by atoms with Crippen LogP contribution in [0.4, 0.5) is 8.78 Å². The molecule has 2 fully saturated rings. The van der Waals surface area contributed by atoms with Crippen molar-refractivity contribution in [1.82, 2.24) is 10.2 Å². The molecule has 3 rings (SSSR count). The topological polar surface area (TPSA) is 50.8 Å². The third kappa shape index (κ3) is 5.47. The quantitative estimate of drug-likeness (QED) is 0.727. The van der Waals surface area contributed by atoms with E-state index in [0.29, 0.717) is 25.1 Å². The number of amides is 1. The van der Waals surface area contributed by atoms with E-state index < -0.39 is 6.61 Å². The first-order valence-corrected chi connectivity index (χ1v) is 9.69. The zero-order valence-electron chi connectivity index (χ0n) is 16.3. The second-order valence-corrected chi connectivity index (χ2v) is 7.39. The van der Waals surface area contributed by atoms with Gasteiger partial charge in [-0.05, 0) is 49.8 Å². The van der Waals surface area contributed by atoms with Crippen molar-refractivity contribution in [1.29, 1.82) is 0 Å². The van der Waals surface area contributed by atoms with Crippen LogP contribution in [0.3, 0.4) is 0 Å². The van der Waals surface area contributed by atoms with E-state index in [9.17, 15) is 13.6 Å². The number of hydrogen-bond donors (Lipinski definition) is 1. The van der Waals surface area contributed by atoms with Gasteiger partial charge in [-0.3, -0.25) is 4.79 Å². The lowest BCUT2D eigenvalue weighted by Gasteiger charge is -2.24. The lowest BCUT2D eigenvalue weighted by Crippen LogP contribution is -2.43. The van der Waals surface area contributed by atoms with Crippen LogP contribution in [-0.4, -0.2) is 43.2 Å². The summed E-state index contributed by atoms with van der Waals surface area (Å²) in [7, 11) is 1.77. The van der Waals surface area contributed by atoms with Gasteiger partial charge in [0.2, 0.25) is 5.91 Å². The molecule has 5 nitrogen and oxygen atoms in total. The number of ether oxygens (including phenoxy) is 2. The van der Waals surface area contributed by atoms with Crippen LogP contribution in [0.5, 0.6) is 11.5 Å². The summed E-state index contributed by atoms with van der Waals surface area (Å²) in [5, 5.41) is 3.50. The van der Waals surface area contributed by atoms with Gasteiger partial charge < -0.3 is 19.7 Å². The average Bonchev–Trinajstić information content (AvgIpc) is 3.07. The summed E-state index contributed by atoms with van der Waals surface area (Å²) in [5.74, 6) is 0.957. The Balaban J connectivity index is 0.00000280. The highest BCUT2D eigenvalue weighted by atomic mass is 35.5. The molecule has 1 aliphatic carbocycles. The van der Waals surface area contributed by atoms with Crippen LogP contribution in [0.1, 0.15) is 44.6 Å². The van der Waals surface area contributed by atoms with Crippen LogP contribution in [0.25, 0.3) is 0 Å². The molecule has 1 saturated heterocycles. The Hall–Kier alpha value is -1.60. The number of nitrogens with one attached hydrogen (secondary N) is 1. The lowest BCUT2D eigenvalue weighted by molar-refractivity contribution is -0.132. The average molecular weight is 419 g/mol. The van der Waals surface area contributed by atoms with Crippen molar-refractivity contribution in [3.05, 3.63) is 23.8 Å². The Kier molecular flexibility index (Phi) is 8.31. The van der Waals surface area contributed by atoms with Crippen molar-refractivity contribution in [2.45, 2.75) is 64.3 Å². The molecule has 1 N–H and O–H groups in total. The highest BCUT2D eigenvalue weighted by Crippen LogP contribution is 2.34. The number of carbonyl (C=O) groups is 1. The van der Waals surface area contributed by atoms with Crippen LogP contribution >= 0.6 is 12.4 Å². The van der Waals surface area contributed by atoms with Gasteiger partial charge in [-0.25, -0.2) is 0 Å². The molecule has 28 heavy (non-hydrogen) atoms. The number of nitrogens with zero attached hydrogens (tertiary/aromatic N) is 1. The first kappa shape index (κ1) is 22.7. The number of alkyl halides is 2. The SMILES string of the molecule is CCOc1cc(CN(C)C(=O)C2CC3CCCCC3N2)ccc1OC(F)F.Cl. The van der Waals surface area contributed by atoms with Gasteiger partial charge in [-0.15, -0.1) is 12.4 Å². The third-order valence-electron chi connectivity index (χ3n) is 5.48. The summed E-state index contributed by atoms with van der Waals surface area (Å²) in [4.78, 5) is 14.5. The standard InChI is InChI=1S/C20H28F2N2O3.ClH/c1-3-26-18-10-13(8-9-17(18)27-20(21)22)12-24(2)19(25)16-11-14-6-4-5-7-15(14)23-16;/h8-10,14-16,20,23H,3-7,11-12H2,1-2H3;1H. The molecule has 0 radical (unpaired) electrons. The van der Waals surface area contributed by atoms with E-state index in [4.69, 9.17) is 4.74 Å². The zero-order chi connectivity index (χ0) is 19.4. The number of hydrogen-bond acceptors (Lipinski definition) is 4. The fourth-order valence-corrected chi connectivity index (χ4v) is 4.24. The van der Waals surface area contributed by atoms with Crippen molar-refractivity contribution in [2.75, 3.05) is 13.7 Å². The summed E-state index contributed by atoms with van der Waals surface area (Å²) >= 11 is 0. The third-order valence-corrected chi connectivity index (χ3v) is 5.48. The molecule has 1 aromatic rings. The minimum atomic E-state index is -2.91. The maximum absolute atomic E-state index is 12.8. The van der Waals surface area contributed by atoms with E-state index in [1.165, 1.54) is 25.3 Å². The molecule has 1 saturated carbocycles. The Morgan fingerprint density at radius 3 is 2.71 bits per heavy atom. The molecule has 1 aromatic carbocycles. The summed E-state index contributed by atoms with van der Waals surface area (Å²) in [5.41, 5.74) is 0.811. The lowest BCUT2D eigenvalue weighted by atomic mass is 9.85. The molecule has 3 unspecified atom stereocenters. The number of likely N-dealkylation sites (N-methyl/N-ethyl adjacent to an activating group) is 1. The van der Waals surface area contributed by atoms with Crippen molar-refractivity contribution >= 4 is 18.3 Å². The maximum atomic E-state index is 12.8. The maximum Gasteiger partial charge on any atom is 0.387 e. The first-order chi connectivity index (χ1) is 13.0. The van der Waals surface area contributed by atoms with E-state index >= 15 is 0 Å². The van der Waals surface area contributed by atoms with Gasteiger partial charge in [-0.1, -0.05) is 18.9 Å². The Morgan fingerprint density at radius 2 is 2.04 bits per heavy atom. The molecular formula is C20H29ClF2N2O3. The fourth-order valence-electron chi connectivity index (χ4n) is 4.24. The summed E-state index contributed by atoms with van der Waals surface area (Å²) in [6.45, 7) is -0.399. The molecule has 0 bridgehead atoms. The summed E-state index contributed by atoms with van der Waals surface area (Å²) < 4.78 is 34.9. The Bertz CT molecular complexity index is 648. The predicted molar refractivity (Wildman–Crippen MR) is 105 cm³/mol. The molecule has 1 heterocycles. The molecule has 158 valence electrons. The second-order valence-electron chi connectivity index (χ2n) is 7.39. The smallest absolute Gasteiger partial charge is 0.387 e. The van der Waals surface area contributed by atoms with Gasteiger partial charge in [0.05, 0.1) is 12.6 Å². The van der Waals surface area contributed by atoms with E-state index in [1.54, 1.807) is 31.0 Å². The van der Waals surface area contributed by atoms with Gasteiger partial charge in [0.1, 0.15) is 0 Å². The molecular weight excluding hydrogens is 390 g/mol. The van der Waals surface area contributed by atoms with Crippen LogP contribution in [-0.2, 0) is 11.3 Å². The molecule has 2 aliphatic rings. The van der Waals surface area contributed by atoms with Crippen LogP contribution < -0.4 is 14.8 Å².